The zero-order valence-electron chi connectivity index (χ0n) is 17.1. The molecule has 1 unspecified atom stereocenters. The van der Waals surface area contributed by atoms with Gasteiger partial charge in [0, 0.05) is 25.7 Å². The number of esters is 1. The number of rotatable bonds is 3. The number of nitrogens with zero attached hydrogens (tertiary/aromatic N) is 2. The van der Waals surface area contributed by atoms with E-state index in [2.05, 4.69) is 15.2 Å². The molecule has 0 bridgehead atoms. The lowest BCUT2D eigenvalue weighted by molar-refractivity contribution is -0.160. The number of nitrogens with one attached hydrogen (secondary N) is 1. The second-order valence-corrected chi connectivity index (χ2v) is 8.70. The summed E-state index contributed by atoms with van der Waals surface area (Å²) in [4.78, 5) is 42.5. The van der Waals surface area contributed by atoms with Gasteiger partial charge in [0.1, 0.15) is 11.4 Å². The topological polar surface area (TPSA) is 88.6 Å². The number of carbonyl (C=O) groups excluding carboxylic acids is 3. The van der Waals surface area contributed by atoms with Crippen molar-refractivity contribution >= 4 is 23.6 Å². The molecule has 3 heterocycles. The first-order valence-electron chi connectivity index (χ1n) is 9.92. The summed E-state index contributed by atoms with van der Waals surface area (Å²) in [5.41, 5.74) is 1.41. The van der Waals surface area contributed by atoms with Gasteiger partial charge in [-0.15, -0.1) is 0 Å². The SMILES string of the molecule is Cc1cc(N2CCC(C(=O)OC(C)(C)C)CC2)ncc1C1CCC(=O)NC1=O. The summed E-state index contributed by atoms with van der Waals surface area (Å²) in [6, 6.07) is 1.99. The normalized spacial score (nSPS) is 21.4. The minimum atomic E-state index is -0.460. The Labute approximate surface area is 165 Å². The van der Waals surface area contributed by atoms with Crippen molar-refractivity contribution in [1.29, 1.82) is 0 Å². The number of piperidine rings is 2. The minimum absolute atomic E-state index is 0.0701. The van der Waals surface area contributed by atoms with E-state index in [1.54, 1.807) is 6.20 Å². The van der Waals surface area contributed by atoms with E-state index in [1.165, 1.54) is 0 Å². The van der Waals surface area contributed by atoms with Crippen molar-refractivity contribution in [3.8, 4) is 0 Å². The summed E-state index contributed by atoms with van der Waals surface area (Å²) >= 11 is 0. The second-order valence-electron chi connectivity index (χ2n) is 8.70. The Hall–Kier alpha value is -2.44. The van der Waals surface area contributed by atoms with Gasteiger partial charge in [0.05, 0.1) is 11.8 Å². The molecule has 2 fully saturated rings. The number of anilines is 1. The molecule has 2 saturated heterocycles. The third-order valence-electron chi connectivity index (χ3n) is 5.31. The lowest BCUT2D eigenvalue weighted by Gasteiger charge is -2.33. The maximum atomic E-state index is 12.3. The van der Waals surface area contributed by atoms with Gasteiger partial charge in [-0.1, -0.05) is 0 Å². The second kappa shape index (κ2) is 7.89. The van der Waals surface area contributed by atoms with Gasteiger partial charge in [0.15, 0.2) is 0 Å². The zero-order chi connectivity index (χ0) is 20.5. The van der Waals surface area contributed by atoms with Gasteiger partial charge >= 0.3 is 5.97 Å². The van der Waals surface area contributed by atoms with Crippen LogP contribution < -0.4 is 10.2 Å². The first-order chi connectivity index (χ1) is 13.1. The van der Waals surface area contributed by atoms with Gasteiger partial charge < -0.3 is 9.64 Å². The molecule has 3 rings (SSSR count). The van der Waals surface area contributed by atoms with Crippen LogP contribution in [0.5, 0.6) is 0 Å². The molecule has 152 valence electrons. The molecule has 0 aromatic carbocycles. The number of aryl methyl sites for hydroxylation is 1. The standard InChI is InChI=1S/C21H29N3O4/c1-13-11-17(22-12-16(13)15-5-6-18(25)23-19(15)26)24-9-7-14(8-10-24)20(27)28-21(2,3)4/h11-12,14-15H,5-10H2,1-4H3,(H,23,25,26). The number of amides is 2. The number of carbonyl (C=O) groups is 3. The molecule has 0 aliphatic carbocycles. The Balaban J connectivity index is 1.63. The summed E-state index contributed by atoms with van der Waals surface area (Å²) in [6.07, 6.45) is 4.11. The van der Waals surface area contributed by atoms with Crippen molar-refractivity contribution in [1.82, 2.24) is 10.3 Å². The van der Waals surface area contributed by atoms with Crippen molar-refractivity contribution in [3.63, 3.8) is 0 Å². The van der Waals surface area contributed by atoms with Crippen LogP contribution in [0.4, 0.5) is 5.82 Å². The first-order valence-corrected chi connectivity index (χ1v) is 9.92. The van der Waals surface area contributed by atoms with Crippen LogP contribution in [0.1, 0.15) is 63.5 Å². The van der Waals surface area contributed by atoms with Gasteiger partial charge in [0.2, 0.25) is 11.8 Å². The summed E-state index contributed by atoms with van der Waals surface area (Å²) < 4.78 is 5.50. The van der Waals surface area contributed by atoms with Crippen LogP contribution in [0.2, 0.25) is 0 Å². The number of hydrogen-bond donors (Lipinski definition) is 1. The van der Waals surface area contributed by atoms with Crippen LogP contribution in [-0.2, 0) is 19.1 Å². The quantitative estimate of drug-likeness (QED) is 0.633. The summed E-state index contributed by atoms with van der Waals surface area (Å²) in [6.45, 7) is 9.12. The highest BCUT2D eigenvalue weighted by molar-refractivity contribution is 6.01. The van der Waals surface area contributed by atoms with Crippen LogP contribution in [-0.4, -0.2) is 41.5 Å². The average molecular weight is 387 g/mol. The van der Waals surface area contributed by atoms with Crippen LogP contribution in [0.3, 0.4) is 0 Å². The Bertz CT molecular complexity index is 776. The molecule has 2 aliphatic rings. The number of ether oxygens (including phenoxy) is 1. The minimum Gasteiger partial charge on any atom is -0.460 e. The number of hydrogen-bond acceptors (Lipinski definition) is 6. The van der Waals surface area contributed by atoms with Crippen molar-refractivity contribution in [2.75, 3.05) is 18.0 Å². The van der Waals surface area contributed by atoms with Gasteiger partial charge in [-0.05, 0) is 64.2 Å². The fraction of sp³-hybridized carbons (Fsp3) is 0.619. The molecule has 2 aliphatic heterocycles. The molecule has 0 radical (unpaired) electrons. The van der Waals surface area contributed by atoms with Crippen molar-refractivity contribution in [2.24, 2.45) is 5.92 Å². The Morgan fingerprint density at radius 1 is 1.21 bits per heavy atom. The van der Waals surface area contributed by atoms with Crippen LogP contribution >= 0.6 is 0 Å². The fourth-order valence-corrected chi connectivity index (χ4v) is 3.81. The van der Waals surface area contributed by atoms with E-state index in [4.69, 9.17) is 4.74 Å². The predicted octanol–water partition coefficient (Wildman–Crippen LogP) is 2.47. The number of aromatic nitrogens is 1. The summed E-state index contributed by atoms with van der Waals surface area (Å²) in [7, 11) is 0. The van der Waals surface area contributed by atoms with Gasteiger partial charge in [-0.2, -0.15) is 0 Å². The van der Waals surface area contributed by atoms with E-state index < -0.39 is 5.60 Å². The average Bonchev–Trinajstić information content (AvgIpc) is 2.61. The van der Waals surface area contributed by atoms with E-state index in [0.717, 1.165) is 42.9 Å². The van der Waals surface area contributed by atoms with E-state index in [0.29, 0.717) is 12.8 Å². The lowest BCUT2D eigenvalue weighted by atomic mass is 9.89. The highest BCUT2D eigenvalue weighted by atomic mass is 16.6. The van der Waals surface area contributed by atoms with Gasteiger partial charge in [-0.3, -0.25) is 19.7 Å². The highest BCUT2D eigenvalue weighted by Crippen LogP contribution is 2.30. The Morgan fingerprint density at radius 3 is 2.46 bits per heavy atom. The van der Waals surface area contributed by atoms with Crippen molar-refractivity contribution < 1.29 is 19.1 Å². The molecule has 1 atom stereocenters. The van der Waals surface area contributed by atoms with Gasteiger partial charge in [0.25, 0.3) is 0 Å². The first kappa shape index (κ1) is 20.3. The Kier molecular flexibility index (Phi) is 5.72. The molecule has 0 spiro atoms. The van der Waals surface area contributed by atoms with E-state index >= 15 is 0 Å². The molecule has 0 saturated carbocycles. The molecule has 7 nitrogen and oxygen atoms in total. The Morgan fingerprint density at radius 2 is 1.89 bits per heavy atom. The molecular formula is C21H29N3O4. The lowest BCUT2D eigenvalue weighted by Crippen LogP contribution is -2.40. The summed E-state index contributed by atoms with van der Waals surface area (Å²) in [5, 5.41) is 2.40. The zero-order valence-corrected chi connectivity index (χ0v) is 17.1. The number of pyridine rings is 1. The molecule has 2 amide bonds. The molecule has 1 aromatic heterocycles. The monoisotopic (exact) mass is 387 g/mol. The molecule has 28 heavy (non-hydrogen) atoms. The van der Waals surface area contributed by atoms with E-state index in [1.807, 2.05) is 33.8 Å². The highest BCUT2D eigenvalue weighted by Gasteiger charge is 2.31. The smallest absolute Gasteiger partial charge is 0.309 e. The molecule has 1 aromatic rings. The molecular weight excluding hydrogens is 358 g/mol. The van der Waals surface area contributed by atoms with Crippen LogP contribution in [0.25, 0.3) is 0 Å². The molecule has 7 heteroatoms. The number of imide groups is 1. The third-order valence-corrected chi connectivity index (χ3v) is 5.31. The van der Waals surface area contributed by atoms with Crippen LogP contribution in [0.15, 0.2) is 12.3 Å². The van der Waals surface area contributed by atoms with E-state index in [-0.39, 0.29) is 29.6 Å². The largest absolute Gasteiger partial charge is 0.460 e. The van der Waals surface area contributed by atoms with Crippen LogP contribution in [0, 0.1) is 12.8 Å². The van der Waals surface area contributed by atoms with Crippen molar-refractivity contribution in [3.05, 3.63) is 23.4 Å². The maximum absolute atomic E-state index is 12.3. The molecule has 1 N–H and O–H groups in total. The van der Waals surface area contributed by atoms with Gasteiger partial charge in [-0.25, -0.2) is 4.98 Å². The fourth-order valence-electron chi connectivity index (χ4n) is 3.81. The third kappa shape index (κ3) is 4.69. The van der Waals surface area contributed by atoms with E-state index in [9.17, 15) is 14.4 Å². The summed E-state index contributed by atoms with van der Waals surface area (Å²) in [5.74, 6) is -0.111. The van der Waals surface area contributed by atoms with Crippen molar-refractivity contribution in [2.45, 2.75) is 64.9 Å². The predicted molar refractivity (Wildman–Crippen MR) is 105 cm³/mol. The maximum Gasteiger partial charge on any atom is 0.309 e.